The number of rotatable bonds is 4. The van der Waals surface area contributed by atoms with Gasteiger partial charge in [0.2, 0.25) is 0 Å². The number of nitrogens with zero attached hydrogens (tertiary/aromatic N) is 1. The van der Waals surface area contributed by atoms with Crippen LogP contribution in [0.4, 0.5) is 0 Å². The van der Waals surface area contributed by atoms with Gasteiger partial charge in [-0.2, -0.15) is 0 Å². The fourth-order valence-corrected chi connectivity index (χ4v) is 3.73. The van der Waals surface area contributed by atoms with Crippen molar-refractivity contribution in [2.24, 2.45) is 4.99 Å². The number of nitrogens with one attached hydrogen (secondary N) is 2. The third-order valence-corrected chi connectivity index (χ3v) is 5.01. The Balaban J connectivity index is 0.00000220. The Kier molecular flexibility index (Phi) is 9.15. The van der Waals surface area contributed by atoms with Crippen LogP contribution in [0.25, 0.3) is 0 Å². The minimum Gasteiger partial charge on any atom is -0.393 e. The first-order valence-electron chi connectivity index (χ1n) is 7.14. The molecule has 1 aromatic heterocycles. The molecule has 7 heteroatoms. The van der Waals surface area contributed by atoms with Gasteiger partial charge in [-0.05, 0) is 60.7 Å². The Hall–Kier alpha value is 0.140. The molecular formula is C14H23BrIN3OS. The van der Waals surface area contributed by atoms with Crippen molar-refractivity contribution >= 4 is 57.2 Å². The van der Waals surface area contributed by atoms with E-state index in [1.54, 1.807) is 11.3 Å². The molecule has 4 nitrogen and oxygen atoms in total. The summed E-state index contributed by atoms with van der Waals surface area (Å²) in [5.74, 6) is 0.874. The summed E-state index contributed by atoms with van der Waals surface area (Å²) in [5.41, 5.74) is 0. The molecule has 0 bridgehead atoms. The summed E-state index contributed by atoms with van der Waals surface area (Å²) in [6.07, 6.45) is 3.67. The molecule has 1 heterocycles. The van der Waals surface area contributed by atoms with Crippen molar-refractivity contribution < 1.29 is 5.11 Å². The molecule has 0 atom stereocenters. The highest BCUT2D eigenvalue weighted by molar-refractivity contribution is 14.0. The predicted octanol–water partition coefficient (Wildman–Crippen LogP) is 3.49. The van der Waals surface area contributed by atoms with Gasteiger partial charge in [0, 0.05) is 17.5 Å². The van der Waals surface area contributed by atoms with Crippen LogP contribution >= 0.6 is 51.2 Å². The van der Waals surface area contributed by atoms with Gasteiger partial charge in [-0.15, -0.1) is 35.3 Å². The maximum atomic E-state index is 9.54. The monoisotopic (exact) mass is 487 g/mol. The zero-order valence-corrected chi connectivity index (χ0v) is 16.9. The fraction of sp³-hybridized carbons (Fsp3) is 0.643. The number of aliphatic hydroxyl groups is 1. The van der Waals surface area contributed by atoms with E-state index in [0.717, 1.165) is 42.0 Å². The second kappa shape index (κ2) is 10.0. The lowest BCUT2D eigenvalue weighted by Gasteiger charge is -2.27. The second-order valence-corrected chi connectivity index (χ2v) is 7.60. The summed E-state index contributed by atoms with van der Waals surface area (Å²) in [7, 11) is 0. The normalized spacial score (nSPS) is 22.5. The van der Waals surface area contributed by atoms with Gasteiger partial charge >= 0.3 is 0 Å². The summed E-state index contributed by atoms with van der Waals surface area (Å²) in [6.45, 7) is 3.62. The Morgan fingerprint density at radius 1 is 1.38 bits per heavy atom. The van der Waals surface area contributed by atoms with Crippen molar-refractivity contribution in [3.63, 3.8) is 0 Å². The van der Waals surface area contributed by atoms with Gasteiger partial charge < -0.3 is 15.7 Å². The SMILES string of the molecule is CCNC(=NCc1ccc(Br)s1)NC1CCC(O)CC1.I. The lowest BCUT2D eigenvalue weighted by Crippen LogP contribution is -2.45. The molecule has 1 saturated carbocycles. The van der Waals surface area contributed by atoms with E-state index in [4.69, 9.17) is 0 Å². The van der Waals surface area contributed by atoms with Crippen LogP contribution in [-0.4, -0.2) is 29.8 Å². The maximum Gasteiger partial charge on any atom is 0.191 e. The lowest BCUT2D eigenvalue weighted by molar-refractivity contribution is 0.120. The third-order valence-electron chi connectivity index (χ3n) is 3.40. The summed E-state index contributed by atoms with van der Waals surface area (Å²) >= 11 is 5.19. The van der Waals surface area contributed by atoms with Crippen molar-refractivity contribution in [3.8, 4) is 0 Å². The molecule has 0 spiro atoms. The van der Waals surface area contributed by atoms with Crippen LogP contribution in [0.2, 0.25) is 0 Å². The molecule has 0 saturated heterocycles. The maximum absolute atomic E-state index is 9.54. The van der Waals surface area contributed by atoms with E-state index in [-0.39, 0.29) is 30.1 Å². The van der Waals surface area contributed by atoms with E-state index in [1.807, 2.05) is 0 Å². The van der Waals surface area contributed by atoms with Gasteiger partial charge in [-0.1, -0.05) is 0 Å². The van der Waals surface area contributed by atoms with Gasteiger partial charge in [0.05, 0.1) is 16.4 Å². The van der Waals surface area contributed by atoms with Gasteiger partial charge in [0.1, 0.15) is 0 Å². The van der Waals surface area contributed by atoms with Gasteiger partial charge in [-0.3, -0.25) is 0 Å². The third kappa shape index (κ3) is 6.83. The van der Waals surface area contributed by atoms with E-state index in [0.29, 0.717) is 12.6 Å². The number of thiophene rings is 1. The van der Waals surface area contributed by atoms with E-state index in [9.17, 15) is 5.11 Å². The first-order chi connectivity index (χ1) is 9.67. The number of hydrogen-bond acceptors (Lipinski definition) is 3. The number of halogens is 2. The van der Waals surface area contributed by atoms with Crippen LogP contribution in [0.1, 0.15) is 37.5 Å². The topological polar surface area (TPSA) is 56.7 Å². The van der Waals surface area contributed by atoms with Crippen molar-refractivity contribution in [1.29, 1.82) is 0 Å². The molecule has 0 aromatic carbocycles. The molecule has 1 aliphatic carbocycles. The highest BCUT2D eigenvalue weighted by Gasteiger charge is 2.19. The van der Waals surface area contributed by atoms with Crippen molar-refractivity contribution in [2.75, 3.05) is 6.54 Å². The van der Waals surface area contributed by atoms with E-state index in [1.165, 1.54) is 4.88 Å². The minimum atomic E-state index is -0.115. The van der Waals surface area contributed by atoms with Crippen LogP contribution in [0.5, 0.6) is 0 Å². The zero-order chi connectivity index (χ0) is 14.4. The molecule has 0 unspecified atom stereocenters. The molecule has 2 rings (SSSR count). The number of guanidine groups is 1. The first-order valence-corrected chi connectivity index (χ1v) is 8.75. The van der Waals surface area contributed by atoms with E-state index < -0.39 is 0 Å². The Labute approximate surface area is 156 Å². The Morgan fingerprint density at radius 2 is 2.10 bits per heavy atom. The standard InChI is InChI=1S/C14H22BrN3OS.HI/c1-2-16-14(17-9-12-7-8-13(15)20-12)18-10-3-5-11(19)6-4-10;/h7-8,10-11,19H,2-6,9H2,1H3,(H2,16,17,18);1H. The predicted molar refractivity (Wildman–Crippen MR) is 104 cm³/mol. The van der Waals surface area contributed by atoms with Crippen LogP contribution in [0, 0.1) is 0 Å². The van der Waals surface area contributed by atoms with E-state index >= 15 is 0 Å². The summed E-state index contributed by atoms with van der Waals surface area (Å²) in [4.78, 5) is 5.88. The summed E-state index contributed by atoms with van der Waals surface area (Å²) in [5, 5.41) is 16.3. The molecular weight excluding hydrogens is 465 g/mol. The quantitative estimate of drug-likeness (QED) is 0.346. The average Bonchev–Trinajstić information content (AvgIpc) is 2.85. The molecule has 1 fully saturated rings. The van der Waals surface area contributed by atoms with Crippen LogP contribution < -0.4 is 10.6 Å². The van der Waals surface area contributed by atoms with Gasteiger partial charge in [0.15, 0.2) is 5.96 Å². The largest absolute Gasteiger partial charge is 0.393 e. The van der Waals surface area contributed by atoms with Gasteiger partial charge in [-0.25, -0.2) is 4.99 Å². The Morgan fingerprint density at radius 3 is 2.67 bits per heavy atom. The molecule has 120 valence electrons. The lowest BCUT2D eigenvalue weighted by atomic mass is 9.93. The number of hydrogen-bond donors (Lipinski definition) is 3. The fourth-order valence-electron chi connectivity index (χ4n) is 2.33. The van der Waals surface area contributed by atoms with Crippen molar-refractivity contribution in [2.45, 2.75) is 51.3 Å². The molecule has 0 aliphatic heterocycles. The molecule has 3 N–H and O–H groups in total. The molecule has 1 aliphatic rings. The van der Waals surface area contributed by atoms with Crippen molar-refractivity contribution in [1.82, 2.24) is 10.6 Å². The highest BCUT2D eigenvalue weighted by Crippen LogP contribution is 2.22. The smallest absolute Gasteiger partial charge is 0.191 e. The number of aliphatic imine (C=N–C) groups is 1. The minimum absolute atomic E-state index is 0. The average molecular weight is 488 g/mol. The van der Waals surface area contributed by atoms with E-state index in [2.05, 4.69) is 50.6 Å². The van der Waals surface area contributed by atoms with Gasteiger partial charge in [0.25, 0.3) is 0 Å². The molecule has 0 radical (unpaired) electrons. The molecule has 21 heavy (non-hydrogen) atoms. The number of aliphatic hydroxyl groups excluding tert-OH is 1. The zero-order valence-electron chi connectivity index (χ0n) is 12.1. The van der Waals surface area contributed by atoms with Crippen LogP contribution in [0.3, 0.4) is 0 Å². The molecule has 1 aromatic rings. The summed E-state index contributed by atoms with van der Waals surface area (Å²) < 4.78 is 1.14. The Bertz CT molecular complexity index is 447. The second-order valence-electron chi connectivity index (χ2n) is 5.05. The molecule has 0 amide bonds. The first kappa shape index (κ1) is 19.2. The highest BCUT2D eigenvalue weighted by atomic mass is 127. The van der Waals surface area contributed by atoms with Crippen LogP contribution in [-0.2, 0) is 6.54 Å². The summed E-state index contributed by atoms with van der Waals surface area (Å²) in [6, 6.07) is 4.57. The van der Waals surface area contributed by atoms with Crippen LogP contribution in [0.15, 0.2) is 20.9 Å². The van der Waals surface area contributed by atoms with Crippen molar-refractivity contribution in [3.05, 3.63) is 20.8 Å².